The number of rotatable bonds is 7. The van der Waals surface area contributed by atoms with Crippen LogP contribution in [0.2, 0.25) is 10.0 Å². The lowest BCUT2D eigenvalue weighted by molar-refractivity contribution is -0.131. The Hall–Kier alpha value is -2.58. The molecule has 3 amide bonds. The van der Waals surface area contributed by atoms with Crippen LogP contribution in [-0.4, -0.2) is 52.3 Å². The minimum atomic E-state index is -0.270. The van der Waals surface area contributed by atoms with Crippen LogP contribution in [0.15, 0.2) is 65.1 Å². The van der Waals surface area contributed by atoms with E-state index in [9.17, 15) is 9.59 Å². The van der Waals surface area contributed by atoms with Crippen molar-refractivity contribution in [2.45, 2.75) is 38.9 Å². The zero-order valence-electron chi connectivity index (χ0n) is 21.0. The van der Waals surface area contributed by atoms with Crippen molar-refractivity contribution in [2.75, 3.05) is 19.6 Å². The van der Waals surface area contributed by atoms with Crippen LogP contribution in [0.3, 0.4) is 0 Å². The lowest BCUT2D eigenvalue weighted by Gasteiger charge is -2.39. The van der Waals surface area contributed by atoms with Crippen molar-refractivity contribution in [3.63, 3.8) is 0 Å². The van der Waals surface area contributed by atoms with Crippen LogP contribution < -0.4 is 4.74 Å². The smallest absolute Gasteiger partial charge is 0.327 e. The van der Waals surface area contributed by atoms with Gasteiger partial charge in [0.05, 0.1) is 16.6 Å². The van der Waals surface area contributed by atoms with E-state index < -0.39 is 0 Å². The van der Waals surface area contributed by atoms with Gasteiger partial charge in [-0.15, -0.1) is 0 Å². The number of amides is 3. The number of hydrogen-bond donors (Lipinski definition) is 0. The van der Waals surface area contributed by atoms with Crippen LogP contribution >= 0.6 is 39.1 Å². The highest BCUT2D eigenvalue weighted by molar-refractivity contribution is 9.10. The van der Waals surface area contributed by atoms with Crippen molar-refractivity contribution < 1.29 is 14.3 Å². The lowest BCUT2D eigenvalue weighted by atomic mass is 9.98. The van der Waals surface area contributed by atoms with Crippen LogP contribution in [0.5, 0.6) is 11.5 Å². The van der Waals surface area contributed by atoms with Gasteiger partial charge in [-0.25, -0.2) is 4.79 Å². The maximum atomic E-state index is 13.5. The molecule has 0 aliphatic carbocycles. The first-order valence-corrected chi connectivity index (χ1v) is 14.1. The van der Waals surface area contributed by atoms with E-state index in [4.69, 9.17) is 27.9 Å². The highest BCUT2D eigenvalue weighted by Crippen LogP contribution is 2.33. The Morgan fingerprint density at radius 1 is 0.947 bits per heavy atom. The molecular formula is C29H28BrCl2N3O3. The first-order chi connectivity index (χ1) is 18.3. The molecule has 2 heterocycles. The van der Waals surface area contributed by atoms with Gasteiger partial charge in [0, 0.05) is 54.7 Å². The van der Waals surface area contributed by atoms with Gasteiger partial charge >= 0.3 is 6.03 Å². The van der Waals surface area contributed by atoms with Gasteiger partial charge in [0.25, 0.3) is 0 Å². The summed E-state index contributed by atoms with van der Waals surface area (Å²) in [6, 6.07) is 19.0. The zero-order valence-corrected chi connectivity index (χ0v) is 24.1. The second-order valence-corrected chi connectivity index (χ2v) is 11.5. The molecule has 0 spiro atoms. The van der Waals surface area contributed by atoms with Crippen molar-refractivity contribution in [2.24, 2.45) is 0 Å². The first kappa shape index (κ1) is 27.0. The van der Waals surface area contributed by atoms with Crippen molar-refractivity contribution in [1.82, 2.24) is 14.7 Å². The first-order valence-electron chi connectivity index (χ1n) is 12.6. The average Bonchev–Trinajstić information content (AvgIpc) is 2.91. The van der Waals surface area contributed by atoms with Crippen molar-refractivity contribution >= 4 is 51.1 Å². The molecule has 0 saturated carbocycles. The predicted molar refractivity (Wildman–Crippen MR) is 153 cm³/mol. The monoisotopic (exact) mass is 615 g/mol. The Balaban J connectivity index is 1.28. The number of urea groups is 1. The quantitative estimate of drug-likeness (QED) is 0.283. The van der Waals surface area contributed by atoms with Gasteiger partial charge in [-0.2, -0.15) is 0 Å². The molecule has 5 rings (SSSR count). The average molecular weight is 617 g/mol. The molecule has 2 aliphatic heterocycles. The van der Waals surface area contributed by atoms with E-state index in [0.29, 0.717) is 47.6 Å². The summed E-state index contributed by atoms with van der Waals surface area (Å²) in [5, 5.41) is 0.840. The summed E-state index contributed by atoms with van der Waals surface area (Å²) in [6.07, 6.45) is 1.26. The fourth-order valence-electron chi connectivity index (χ4n) is 4.97. The van der Waals surface area contributed by atoms with E-state index in [-0.39, 0.29) is 18.0 Å². The van der Waals surface area contributed by atoms with E-state index in [1.54, 1.807) is 23.1 Å². The fraction of sp³-hybridized carbons (Fsp3) is 0.310. The molecule has 1 fully saturated rings. The lowest BCUT2D eigenvalue weighted by Crippen LogP contribution is -2.55. The third-order valence-corrected chi connectivity index (χ3v) is 8.37. The molecular weight excluding hydrogens is 589 g/mol. The van der Waals surface area contributed by atoms with E-state index >= 15 is 0 Å². The summed E-state index contributed by atoms with van der Waals surface area (Å²) < 4.78 is 6.97. The number of halogens is 3. The van der Waals surface area contributed by atoms with Crippen LogP contribution in [0, 0.1) is 0 Å². The number of nitrogens with zero attached hydrogens (tertiary/aromatic N) is 3. The number of hydrogen-bond acceptors (Lipinski definition) is 4. The summed E-state index contributed by atoms with van der Waals surface area (Å²) in [5.74, 6) is 1.01. The Labute approximate surface area is 241 Å². The van der Waals surface area contributed by atoms with E-state index in [1.807, 2.05) is 18.2 Å². The van der Waals surface area contributed by atoms with Crippen LogP contribution in [0.4, 0.5) is 4.79 Å². The molecule has 1 atom stereocenters. The summed E-state index contributed by atoms with van der Waals surface area (Å²) >= 11 is 15.7. The van der Waals surface area contributed by atoms with Crippen LogP contribution in [0.25, 0.3) is 0 Å². The number of benzene rings is 3. The number of imide groups is 1. The molecule has 0 N–H and O–H groups in total. The van der Waals surface area contributed by atoms with Gasteiger partial charge in [-0.05, 0) is 48.7 Å². The third-order valence-electron chi connectivity index (χ3n) is 7.14. The van der Waals surface area contributed by atoms with Gasteiger partial charge in [-0.1, -0.05) is 69.5 Å². The van der Waals surface area contributed by atoms with Gasteiger partial charge in [0.15, 0.2) is 0 Å². The summed E-state index contributed by atoms with van der Waals surface area (Å²) in [6.45, 7) is 4.87. The Morgan fingerprint density at radius 2 is 1.74 bits per heavy atom. The second-order valence-electron chi connectivity index (χ2n) is 9.73. The minimum Gasteiger partial charge on any atom is -0.457 e. The molecule has 198 valence electrons. The molecule has 3 aromatic rings. The van der Waals surface area contributed by atoms with Gasteiger partial charge in [0.1, 0.15) is 11.5 Å². The SMILES string of the molecule is CC(CN1C(=O)CCN(Cc2ccc(Br)cc2Oc2ccc(Cl)c(Cl)c2)C1=O)N1CCc2ccccc2C1. The molecule has 38 heavy (non-hydrogen) atoms. The maximum absolute atomic E-state index is 13.5. The Morgan fingerprint density at radius 3 is 2.53 bits per heavy atom. The predicted octanol–water partition coefficient (Wildman–Crippen LogP) is 7.15. The van der Waals surface area contributed by atoms with Crippen LogP contribution in [0.1, 0.15) is 30.0 Å². The molecule has 0 aromatic heterocycles. The van der Waals surface area contributed by atoms with E-state index in [0.717, 1.165) is 29.5 Å². The molecule has 2 aliphatic rings. The van der Waals surface area contributed by atoms with Crippen molar-refractivity contribution in [3.8, 4) is 11.5 Å². The number of carbonyl (C=O) groups excluding carboxylic acids is 2. The molecule has 6 nitrogen and oxygen atoms in total. The molecule has 3 aromatic carbocycles. The zero-order chi connectivity index (χ0) is 26.8. The molecule has 1 unspecified atom stereocenters. The summed E-state index contributed by atoms with van der Waals surface area (Å²) in [4.78, 5) is 31.8. The molecule has 0 bridgehead atoms. The molecule has 1 saturated heterocycles. The normalized spacial score (nSPS) is 16.9. The van der Waals surface area contributed by atoms with E-state index in [1.165, 1.54) is 16.0 Å². The topological polar surface area (TPSA) is 53.1 Å². The number of ether oxygens (including phenoxy) is 1. The molecule has 0 radical (unpaired) electrons. The van der Waals surface area contributed by atoms with Gasteiger partial charge in [-0.3, -0.25) is 14.6 Å². The Bertz CT molecular complexity index is 1370. The number of carbonyl (C=O) groups is 2. The maximum Gasteiger partial charge on any atom is 0.327 e. The minimum absolute atomic E-state index is 0.0532. The highest BCUT2D eigenvalue weighted by Gasteiger charge is 2.34. The van der Waals surface area contributed by atoms with Gasteiger partial charge in [0.2, 0.25) is 5.91 Å². The van der Waals surface area contributed by atoms with Crippen molar-refractivity contribution in [1.29, 1.82) is 0 Å². The standard InChI is InChI=1S/C29H28BrCl2N3O3/c1-19(33-12-10-20-4-2-3-5-21(20)17-33)16-35-28(36)11-13-34(29(35)37)18-22-6-7-23(30)14-27(22)38-24-8-9-25(31)26(32)15-24/h2-9,14-15,19H,10-13,16-18H2,1H3. The number of fused-ring (bicyclic) bond motifs is 1. The second kappa shape index (κ2) is 11.7. The van der Waals surface area contributed by atoms with E-state index in [2.05, 4.69) is 52.0 Å². The summed E-state index contributed by atoms with van der Waals surface area (Å²) in [5.41, 5.74) is 3.51. The van der Waals surface area contributed by atoms with Gasteiger partial charge < -0.3 is 9.64 Å². The Kier molecular flexibility index (Phi) is 8.29. The highest BCUT2D eigenvalue weighted by atomic mass is 79.9. The third kappa shape index (κ3) is 6.01. The van der Waals surface area contributed by atoms with Crippen LogP contribution in [-0.2, 0) is 24.3 Å². The van der Waals surface area contributed by atoms with Crippen molar-refractivity contribution in [3.05, 3.63) is 91.9 Å². The summed E-state index contributed by atoms with van der Waals surface area (Å²) in [7, 11) is 0. The largest absolute Gasteiger partial charge is 0.457 e. The fourth-order valence-corrected chi connectivity index (χ4v) is 5.59. The molecule has 9 heteroatoms.